The summed E-state index contributed by atoms with van der Waals surface area (Å²) in [7, 11) is 0.223. The van der Waals surface area contributed by atoms with Crippen LogP contribution in [0.3, 0.4) is 0 Å². The van der Waals surface area contributed by atoms with E-state index in [-0.39, 0.29) is 17.2 Å². The SMILES string of the molecule is O=CPc1cc2c([nH]1)-c1ccc(-c3ccc4cc(-c5cnc(PC=O)[nH]5)ccc4c3)cc1CC2. The van der Waals surface area contributed by atoms with E-state index in [1.165, 1.54) is 38.9 Å². The maximum atomic E-state index is 10.9. The average molecular weight is 481 g/mol. The number of H-pyrrole nitrogens is 2. The van der Waals surface area contributed by atoms with Crippen LogP contribution >= 0.6 is 17.2 Å². The average Bonchev–Trinajstić information content (AvgIpc) is 3.50. The molecule has 1 aliphatic carbocycles. The molecule has 0 saturated carbocycles. The van der Waals surface area contributed by atoms with E-state index in [1.54, 1.807) is 6.20 Å². The van der Waals surface area contributed by atoms with Crippen LogP contribution in [0.25, 0.3) is 44.4 Å². The Labute approximate surface area is 200 Å². The second-order valence-electron chi connectivity index (χ2n) is 8.40. The number of fused-ring (bicyclic) bond motifs is 4. The number of hydrogen-bond donors (Lipinski definition) is 2. The van der Waals surface area contributed by atoms with E-state index in [4.69, 9.17) is 0 Å². The monoisotopic (exact) mass is 481 g/mol. The lowest BCUT2D eigenvalue weighted by atomic mass is 9.88. The molecule has 0 saturated heterocycles. The fourth-order valence-corrected chi connectivity index (χ4v) is 5.80. The fourth-order valence-electron chi connectivity index (χ4n) is 4.76. The lowest BCUT2D eigenvalue weighted by Gasteiger charge is -2.18. The molecule has 166 valence electrons. The standard InChI is InChI=1S/C27H21N3O2P2/c31-14-33-25-12-22-6-4-20-10-19(7-8-23(20)26(22)30-25)16-1-2-18-11-21(5-3-17(18)9-16)24-13-28-27(29-24)34-15-32/h1-3,5,7-15,30,33-34H,4,6H2,(H,28,29). The van der Waals surface area contributed by atoms with Crippen molar-refractivity contribution >= 4 is 51.0 Å². The predicted molar refractivity (Wildman–Crippen MR) is 144 cm³/mol. The number of aryl methyl sites for hydroxylation is 2. The summed E-state index contributed by atoms with van der Waals surface area (Å²) >= 11 is 0. The zero-order valence-corrected chi connectivity index (χ0v) is 20.2. The number of nitrogens with one attached hydrogen (secondary N) is 2. The van der Waals surface area contributed by atoms with Crippen molar-refractivity contribution in [3.05, 3.63) is 78.0 Å². The Morgan fingerprint density at radius 2 is 1.44 bits per heavy atom. The number of rotatable bonds is 6. The highest BCUT2D eigenvalue weighted by molar-refractivity contribution is 7.62. The van der Waals surface area contributed by atoms with Gasteiger partial charge in [0.1, 0.15) is 17.6 Å². The lowest BCUT2D eigenvalue weighted by Crippen LogP contribution is -2.02. The van der Waals surface area contributed by atoms with Gasteiger partial charge >= 0.3 is 0 Å². The quantitative estimate of drug-likeness (QED) is 0.265. The highest BCUT2D eigenvalue weighted by Gasteiger charge is 2.19. The number of aromatic amines is 2. The van der Waals surface area contributed by atoms with Crippen molar-refractivity contribution in [2.45, 2.75) is 12.8 Å². The molecule has 3 aromatic carbocycles. The summed E-state index contributed by atoms with van der Waals surface area (Å²) in [4.78, 5) is 32.6. The predicted octanol–water partition coefficient (Wildman–Crippen LogP) is 4.98. The third-order valence-electron chi connectivity index (χ3n) is 6.41. The summed E-state index contributed by atoms with van der Waals surface area (Å²) in [6, 6.07) is 23.6. The summed E-state index contributed by atoms with van der Waals surface area (Å²) in [6.07, 6.45) is 3.78. The Balaban J connectivity index is 1.32. The Bertz CT molecular complexity index is 1570. The van der Waals surface area contributed by atoms with E-state index >= 15 is 0 Å². The number of imidazole rings is 1. The van der Waals surface area contributed by atoms with E-state index in [0.717, 1.165) is 47.0 Å². The maximum Gasteiger partial charge on any atom is 0.146 e. The Morgan fingerprint density at radius 1 is 0.735 bits per heavy atom. The minimum atomic E-state index is 0.0462. The smallest absolute Gasteiger partial charge is 0.146 e. The largest absolute Gasteiger partial charge is 0.354 e. The highest BCUT2D eigenvalue weighted by Crippen LogP contribution is 2.36. The van der Waals surface area contributed by atoms with Gasteiger partial charge in [-0.15, -0.1) is 0 Å². The van der Waals surface area contributed by atoms with E-state index in [2.05, 4.69) is 75.6 Å². The van der Waals surface area contributed by atoms with Gasteiger partial charge in [0.05, 0.1) is 11.9 Å². The van der Waals surface area contributed by atoms with E-state index < -0.39 is 0 Å². The topological polar surface area (TPSA) is 78.6 Å². The first-order valence-corrected chi connectivity index (χ1v) is 13.2. The van der Waals surface area contributed by atoms with Crippen LogP contribution in [0.4, 0.5) is 0 Å². The molecule has 2 unspecified atom stereocenters. The molecule has 2 heterocycles. The zero-order chi connectivity index (χ0) is 23.1. The molecule has 5 aromatic rings. The number of carbonyl (C=O) groups is 2. The molecule has 2 N–H and O–H groups in total. The highest BCUT2D eigenvalue weighted by atomic mass is 31.1. The van der Waals surface area contributed by atoms with Gasteiger partial charge in [-0.1, -0.05) is 42.5 Å². The summed E-state index contributed by atoms with van der Waals surface area (Å²) in [6.45, 7) is 0. The molecule has 0 bridgehead atoms. The van der Waals surface area contributed by atoms with E-state index in [1.807, 2.05) is 0 Å². The maximum absolute atomic E-state index is 10.9. The Kier molecular flexibility index (Phi) is 5.45. The van der Waals surface area contributed by atoms with Crippen molar-refractivity contribution in [3.8, 4) is 33.6 Å². The van der Waals surface area contributed by atoms with Crippen LogP contribution in [0, 0.1) is 0 Å². The first kappa shape index (κ1) is 21.2. The minimum Gasteiger partial charge on any atom is -0.354 e. The molecule has 34 heavy (non-hydrogen) atoms. The molecule has 1 aliphatic rings. The van der Waals surface area contributed by atoms with Crippen molar-refractivity contribution in [2.24, 2.45) is 0 Å². The van der Waals surface area contributed by atoms with E-state index in [0.29, 0.717) is 5.57 Å². The van der Waals surface area contributed by atoms with Crippen molar-refractivity contribution in [1.82, 2.24) is 15.0 Å². The Morgan fingerprint density at radius 3 is 2.26 bits per heavy atom. The van der Waals surface area contributed by atoms with E-state index in [9.17, 15) is 9.59 Å². The number of aromatic nitrogens is 3. The van der Waals surface area contributed by atoms with Crippen molar-refractivity contribution in [2.75, 3.05) is 0 Å². The minimum absolute atomic E-state index is 0.0462. The molecular weight excluding hydrogens is 460 g/mol. The summed E-state index contributed by atoms with van der Waals surface area (Å²) in [5.41, 5.74) is 11.2. The molecule has 0 spiro atoms. The van der Waals surface area contributed by atoms with Gasteiger partial charge in [-0.3, -0.25) is 9.59 Å². The second-order valence-corrected chi connectivity index (χ2v) is 10.5. The van der Waals surface area contributed by atoms with Gasteiger partial charge in [0, 0.05) is 30.8 Å². The lowest BCUT2D eigenvalue weighted by molar-refractivity contribution is 0.569. The van der Waals surface area contributed by atoms with Crippen LogP contribution in [0.1, 0.15) is 11.1 Å². The number of benzene rings is 3. The van der Waals surface area contributed by atoms with Gasteiger partial charge in [-0.2, -0.15) is 0 Å². The molecule has 0 radical (unpaired) electrons. The normalized spacial score (nSPS) is 13.1. The van der Waals surface area contributed by atoms with Crippen molar-refractivity contribution in [1.29, 1.82) is 0 Å². The van der Waals surface area contributed by atoms with Crippen LogP contribution in [0.2, 0.25) is 0 Å². The Hall–Kier alpha value is -3.39. The van der Waals surface area contributed by atoms with Crippen LogP contribution in [-0.2, 0) is 22.4 Å². The summed E-state index contributed by atoms with van der Waals surface area (Å²) in [5.74, 6) is 0. The van der Waals surface area contributed by atoms with Gasteiger partial charge in [0.15, 0.2) is 0 Å². The van der Waals surface area contributed by atoms with Gasteiger partial charge in [0.25, 0.3) is 0 Å². The molecule has 7 heteroatoms. The van der Waals surface area contributed by atoms with Gasteiger partial charge in [-0.25, -0.2) is 4.98 Å². The number of carbonyl (C=O) groups excluding carboxylic acids is 2. The van der Waals surface area contributed by atoms with Crippen molar-refractivity contribution in [3.63, 3.8) is 0 Å². The van der Waals surface area contributed by atoms with Crippen molar-refractivity contribution < 1.29 is 9.59 Å². The molecule has 0 amide bonds. The van der Waals surface area contributed by atoms with Crippen LogP contribution in [0.5, 0.6) is 0 Å². The molecule has 5 nitrogen and oxygen atoms in total. The fraction of sp³-hybridized carbons (Fsp3) is 0.0741. The van der Waals surface area contributed by atoms with Gasteiger partial charge < -0.3 is 9.97 Å². The number of nitrogens with zero attached hydrogens (tertiary/aromatic N) is 1. The molecular formula is C27H21N3O2P2. The molecule has 2 atom stereocenters. The van der Waals surface area contributed by atoms with Gasteiger partial charge in [-0.05, 0) is 72.6 Å². The molecule has 2 aromatic heterocycles. The third-order valence-corrected chi connectivity index (χ3v) is 7.75. The zero-order valence-electron chi connectivity index (χ0n) is 18.2. The second kappa shape index (κ2) is 8.76. The summed E-state index contributed by atoms with van der Waals surface area (Å²) < 4.78 is 0. The first-order valence-electron chi connectivity index (χ1n) is 11.1. The first-order chi connectivity index (χ1) is 16.7. The van der Waals surface area contributed by atoms with Crippen LogP contribution in [-0.4, -0.2) is 27.0 Å². The molecule has 0 aliphatic heterocycles. The van der Waals surface area contributed by atoms with Crippen LogP contribution < -0.4 is 11.0 Å². The molecule has 0 fully saturated rings. The number of hydrogen-bond acceptors (Lipinski definition) is 3. The summed E-state index contributed by atoms with van der Waals surface area (Å²) in [5, 5.41) is 2.34. The molecule has 6 rings (SSSR count). The van der Waals surface area contributed by atoms with Crippen LogP contribution in [0.15, 0.2) is 66.9 Å². The van der Waals surface area contributed by atoms with Gasteiger partial charge in [0.2, 0.25) is 0 Å². The third kappa shape index (κ3) is 3.81.